The quantitative estimate of drug-likeness (QED) is 0.403. The first-order chi connectivity index (χ1) is 15.2. The zero-order valence-electron chi connectivity index (χ0n) is 16.8. The van der Waals surface area contributed by atoms with Crippen LogP contribution in [0.5, 0.6) is 0 Å². The number of nitriles is 1. The summed E-state index contributed by atoms with van der Waals surface area (Å²) in [7, 11) is 0. The number of aromatic nitrogens is 4. The topological polar surface area (TPSA) is 62.7 Å². The number of benzene rings is 2. The molecule has 2 aliphatic rings. The summed E-state index contributed by atoms with van der Waals surface area (Å²) >= 11 is 6.92. The zero-order chi connectivity index (χ0) is 20.9. The van der Waals surface area contributed by atoms with Crippen LogP contribution in [0.2, 0.25) is 5.15 Å². The first kappa shape index (κ1) is 18.2. The third-order valence-electron chi connectivity index (χ3n) is 6.26. The molecule has 0 unspecified atom stereocenters. The van der Waals surface area contributed by atoms with Crippen LogP contribution in [0.15, 0.2) is 54.9 Å². The van der Waals surface area contributed by atoms with Gasteiger partial charge in [0.2, 0.25) is 0 Å². The van der Waals surface area contributed by atoms with Crippen molar-refractivity contribution in [1.29, 1.82) is 5.26 Å². The van der Waals surface area contributed by atoms with Crippen LogP contribution in [0.1, 0.15) is 24.0 Å². The highest BCUT2D eigenvalue weighted by Crippen LogP contribution is 2.40. The van der Waals surface area contributed by atoms with Crippen LogP contribution in [-0.4, -0.2) is 32.4 Å². The Labute approximate surface area is 184 Å². The number of hydrogen-bond acceptors (Lipinski definition) is 4. The molecule has 0 spiro atoms. The van der Waals surface area contributed by atoms with Gasteiger partial charge in [-0.05, 0) is 60.4 Å². The smallest absolute Gasteiger partial charge is 0.185 e. The van der Waals surface area contributed by atoms with Crippen LogP contribution in [0, 0.1) is 11.3 Å². The monoisotopic (exact) mass is 426 g/mol. The molecule has 0 atom stereocenters. The van der Waals surface area contributed by atoms with Crippen molar-refractivity contribution >= 4 is 17.3 Å². The minimum atomic E-state index is 0.628. The molecule has 7 heteroatoms. The molecule has 0 radical (unpaired) electrons. The Bertz CT molecular complexity index is 1340. The number of hydrogen-bond donors (Lipinski definition) is 0. The molecule has 0 amide bonds. The summed E-state index contributed by atoms with van der Waals surface area (Å²) in [5.74, 6) is 0.773. The number of halogens is 1. The van der Waals surface area contributed by atoms with E-state index < -0.39 is 0 Å². The predicted octanol–water partition coefficient (Wildman–Crippen LogP) is 4.89. The van der Waals surface area contributed by atoms with E-state index in [1.807, 2.05) is 28.8 Å². The van der Waals surface area contributed by atoms with Gasteiger partial charge in [-0.25, -0.2) is 0 Å². The minimum Gasteiger partial charge on any atom is -0.372 e. The summed E-state index contributed by atoms with van der Waals surface area (Å²) in [6.45, 7) is 2.87. The maximum atomic E-state index is 9.10. The van der Waals surface area contributed by atoms with E-state index in [0.717, 1.165) is 41.4 Å². The summed E-state index contributed by atoms with van der Waals surface area (Å²) in [4.78, 5) is 2.44. The average molecular weight is 427 g/mol. The molecule has 1 saturated heterocycles. The van der Waals surface area contributed by atoms with Gasteiger partial charge < -0.3 is 9.47 Å². The van der Waals surface area contributed by atoms with Crippen molar-refractivity contribution in [2.24, 2.45) is 0 Å². The molecule has 6 nitrogen and oxygen atoms in total. The van der Waals surface area contributed by atoms with Crippen molar-refractivity contribution < 1.29 is 0 Å². The molecular weight excluding hydrogens is 408 g/mol. The van der Waals surface area contributed by atoms with Gasteiger partial charge in [0.05, 0.1) is 29.6 Å². The fourth-order valence-electron chi connectivity index (χ4n) is 4.65. The van der Waals surface area contributed by atoms with Gasteiger partial charge in [-0.15, -0.1) is 10.2 Å². The Morgan fingerprint density at radius 1 is 1.00 bits per heavy atom. The lowest BCUT2D eigenvalue weighted by Gasteiger charge is -2.20. The van der Waals surface area contributed by atoms with E-state index in [-0.39, 0.29) is 0 Å². The van der Waals surface area contributed by atoms with Gasteiger partial charge in [-0.3, -0.25) is 4.57 Å². The molecule has 31 heavy (non-hydrogen) atoms. The van der Waals surface area contributed by atoms with E-state index in [1.54, 1.807) is 6.33 Å². The van der Waals surface area contributed by atoms with Gasteiger partial charge in [0, 0.05) is 24.3 Å². The first-order valence-corrected chi connectivity index (χ1v) is 10.8. The Hall–Kier alpha value is -3.56. The predicted molar refractivity (Wildman–Crippen MR) is 120 cm³/mol. The molecule has 0 N–H and O–H groups in total. The van der Waals surface area contributed by atoms with Gasteiger partial charge in [0.1, 0.15) is 11.5 Å². The Morgan fingerprint density at radius 3 is 2.58 bits per heavy atom. The summed E-state index contributed by atoms with van der Waals surface area (Å²) in [5.41, 5.74) is 6.99. The highest BCUT2D eigenvalue weighted by Gasteiger charge is 2.26. The van der Waals surface area contributed by atoms with Crippen molar-refractivity contribution in [2.45, 2.75) is 19.4 Å². The SMILES string of the molecule is N#Cc1ccc(-c2cc3n(c2Cl)Cc2cc(N4CCCC4)ccc2-n2cnnc2-3)cc1. The van der Waals surface area contributed by atoms with Crippen LogP contribution in [0.3, 0.4) is 0 Å². The second kappa shape index (κ2) is 7.00. The highest BCUT2D eigenvalue weighted by molar-refractivity contribution is 6.32. The lowest BCUT2D eigenvalue weighted by Crippen LogP contribution is -2.18. The highest BCUT2D eigenvalue weighted by atomic mass is 35.5. The molecular formula is C24H19ClN6. The van der Waals surface area contributed by atoms with E-state index in [9.17, 15) is 0 Å². The molecule has 2 aromatic carbocycles. The van der Waals surface area contributed by atoms with Gasteiger partial charge in [0.15, 0.2) is 5.82 Å². The number of fused-ring (bicyclic) bond motifs is 5. The van der Waals surface area contributed by atoms with Crippen LogP contribution in [0.4, 0.5) is 5.69 Å². The van der Waals surface area contributed by atoms with Crippen molar-refractivity contribution in [2.75, 3.05) is 18.0 Å². The largest absolute Gasteiger partial charge is 0.372 e. The standard InChI is InChI=1S/C24H19ClN6/c25-23-20(17-5-3-16(13-26)4-6-17)12-22-24-28-27-15-31(24)21-8-7-19(29-9-1-2-10-29)11-18(21)14-30(22)23/h3-8,11-12,15H,1-2,9-10,14H2. The Balaban J connectivity index is 1.50. The Morgan fingerprint density at radius 2 is 1.81 bits per heavy atom. The van der Waals surface area contributed by atoms with Crippen molar-refractivity contribution in [3.8, 4) is 34.4 Å². The fourth-order valence-corrected chi connectivity index (χ4v) is 4.97. The first-order valence-electron chi connectivity index (χ1n) is 10.4. The minimum absolute atomic E-state index is 0.628. The second-order valence-electron chi connectivity index (χ2n) is 8.04. The van der Waals surface area contributed by atoms with Gasteiger partial charge in [0.25, 0.3) is 0 Å². The van der Waals surface area contributed by atoms with E-state index in [4.69, 9.17) is 16.9 Å². The molecule has 0 saturated carbocycles. The molecule has 4 aromatic rings. The summed E-state index contributed by atoms with van der Waals surface area (Å²) < 4.78 is 4.15. The Kier molecular flexibility index (Phi) is 4.12. The number of anilines is 1. The average Bonchev–Trinajstić information content (AvgIpc) is 3.54. The van der Waals surface area contributed by atoms with Gasteiger partial charge >= 0.3 is 0 Å². The number of rotatable bonds is 2. The molecule has 2 aliphatic heterocycles. The normalized spacial score (nSPS) is 14.5. The molecule has 4 heterocycles. The van der Waals surface area contributed by atoms with E-state index >= 15 is 0 Å². The maximum absolute atomic E-state index is 9.10. The van der Waals surface area contributed by atoms with E-state index in [0.29, 0.717) is 17.3 Å². The third-order valence-corrected chi connectivity index (χ3v) is 6.66. The van der Waals surface area contributed by atoms with Crippen LogP contribution >= 0.6 is 11.6 Å². The molecule has 2 aromatic heterocycles. The fraction of sp³-hybridized carbons (Fsp3) is 0.208. The lowest BCUT2D eigenvalue weighted by molar-refractivity contribution is 0.816. The molecule has 0 bridgehead atoms. The third kappa shape index (κ3) is 2.85. The summed E-state index contributed by atoms with van der Waals surface area (Å²) in [5, 5.41) is 18.4. The molecule has 6 rings (SSSR count). The van der Waals surface area contributed by atoms with Crippen molar-refractivity contribution in [1.82, 2.24) is 19.3 Å². The van der Waals surface area contributed by atoms with Crippen molar-refractivity contribution in [3.63, 3.8) is 0 Å². The number of nitrogens with zero attached hydrogens (tertiary/aromatic N) is 6. The summed E-state index contributed by atoms with van der Waals surface area (Å²) in [6, 6.07) is 18.4. The molecule has 152 valence electrons. The molecule has 1 fully saturated rings. The van der Waals surface area contributed by atoms with Crippen LogP contribution in [-0.2, 0) is 6.54 Å². The lowest BCUT2D eigenvalue weighted by atomic mass is 10.1. The van der Waals surface area contributed by atoms with Crippen molar-refractivity contribution in [3.05, 3.63) is 71.1 Å². The maximum Gasteiger partial charge on any atom is 0.185 e. The van der Waals surface area contributed by atoms with E-state index in [2.05, 4.69) is 50.0 Å². The van der Waals surface area contributed by atoms with Crippen LogP contribution < -0.4 is 4.90 Å². The summed E-state index contributed by atoms with van der Waals surface area (Å²) in [6.07, 6.45) is 4.25. The van der Waals surface area contributed by atoms with Crippen LogP contribution in [0.25, 0.3) is 28.3 Å². The van der Waals surface area contributed by atoms with E-state index in [1.165, 1.54) is 24.1 Å². The zero-order valence-corrected chi connectivity index (χ0v) is 17.5. The molecule has 0 aliphatic carbocycles. The second-order valence-corrected chi connectivity index (χ2v) is 8.40. The van der Waals surface area contributed by atoms with Gasteiger partial charge in [-0.2, -0.15) is 5.26 Å². The van der Waals surface area contributed by atoms with Gasteiger partial charge in [-0.1, -0.05) is 23.7 Å².